The number of aromatic nitrogens is 3. The number of nitrogens with one attached hydrogen (secondary N) is 1. The van der Waals surface area contributed by atoms with E-state index in [-0.39, 0.29) is 12.5 Å². The number of carbonyl (C=O) groups is 1. The summed E-state index contributed by atoms with van der Waals surface area (Å²) in [5, 5.41) is 7.69. The van der Waals surface area contributed by atoms with Crippen molar-refractivity contribution in [1.29, 1.82) is 0 Å². The van der Waals surface area contributed by atoms with Crippen LogP contribution in [0.15, 0.2) is 73.1 Å². The number of hydrogen-bond acceptors (Lipinski definition) is 5. The lowest BCUT2D eigenvalue weighted by atomic mass is 10.1. The molecule has 4 rings (SSSR count). The van der Waals surface area contributed by atoms with E-state index in [9.17, 15) is 4.79 Å². The summed E-state index contributed by atoms with van der Waals surface area (Å²) in [5.41, 5.74) is 4.63. The first kappa shape index (κ1) is 21.1. The minimum absolute atomic E-state index is 0.243. The number of methoxy groups -OCH3 is 2. The Morgan fingerprint density at radius 3 is 2.59 bits per heavy atom. The summed E-state index contributed by atoms with van der Waals surface area (Å²) in [6.45, 7) is 2.31. The Kier molecular flexibility index (Phi) is 6.17. The van der Waals surface area contributed by atoms with Gasteiger partial charge in [-0.25, -0.2) is 9.67 Å². The Morgan fingerprint density at radius 1 is 1.03 bits per heavy atom. The smallest absolute Gasteiger partial charge is 0.255 e. The van der Waals surface area contributed by atoms with Gasteiger partial charge in [0.1, 0.15) is 11.4 Å². The zero-order chi connectivity index (χ0) is 22.5. The van der Waals surface area contributed by atoms with Crippen molar-refractivity contribution >= 4 is 5.91 Å². The van der Waals surface area contributed by atoms with E-state index in [1.807, 2.05) is 61.5 Å². The first-order valence-electron chi connectivity index (χ1n) is 10.2. The maximum Gasteiger partial charge on any atom is 0.255 e. The first-order valence-corrected chi connectivity index (χ1v) is 10.2. The van der Waals surface area contributed by atoms with Crippen LogP contribution in [-0.2, 0) is 6.54 Å². The van der Waals surface area contributed by atoms with Gasteiger partial charge in [-0.15, -0.1) is 0 Å². The SMILES string of the molecule is COc1cccc(-c2nn(-c3ccc(C)cc3)cc2C(=O)NCc2cccnc2OC)c1. The molecule has 0 fully saturated rings. The zero-order valence-electron chi connectivity index (χ0n) is 18.2. The summed E-state index contributed by atoms with van der Waals surface area (Å²) in [6.07, 6.45) is 3.39. The largest absolute Gasteiger partial charge is 0.497 e. The fourth-order valence-corrected chi connectivity index (χ4v) is 3.37. The predicted molar refractivity (Wildman–Crippen MR) is 122 cm³/mol. The molecule has 4 aromatic rings. The van der Waals surface area contributed by atoms with E-state index >= 15 is 0 Å². The van der Waals surface area contributed by atoms with Crippen LogP contribution in [0.4, 0.5) is 0 Å². The van der Waals surface area contributed by atoms with Crippen LogP contribution in [0.1, 0.15) is 21.5 Å². The molecule has 1 N–H and O–H groups in total. The maximum absolute atomic E-state index is 13.2. The number of benzene rings is 2. The predicted octanol–water partition coefficient (Wildman–Crippen LogP) is 4.19. The summed E-state index contributed by atoms with van der Waals surface area (Å²) in [5.74, 6) is 0.932. The molecule has 2 aromatic carbocycles. The summed E-state index contributed by atoms with van der Waals surface area (Å²) < 4.78 is 12.4. The average Bonchev–Trinajstić information content (AvgIpc) is 3.29. The van der Waals surface area contributed by atoms with E-state index in [0.717, 1.165) is 22.4 Å². The molecule has 0 saturated carbocycles. The number of aryl methyl sites for hydroxylation is 1. The molecule has 7 heteroatoms. The fraction of sp³-hybridized carbons (Fsp3) is 0.160. The summed E-state index contributed by atoms with van der Waals surface area (Å²) in [4.78, 5) is 17.4. The average molecular weight is 428 g/mol. The number of pyridine rings is 1. The lowest BCUT2D eigenvalue weighted by Crippen LogP contribution is -2.23. The van der Waals surface area contributed by atoms with E-state index in [1.165, 1.54) is 0 Å². The van der Waals surface area contributed by atoms with Crippen molar-refractivity contribution in [1.82, 2.24) is 20.1 Å². The van der Waals surface area contributed by atoms with Crippen LogP contribution in [0, 0.1) is 6.92 Å². The van der Waals surface area contributed by atoms with Gasteiger partial charge in [0.25, 0.3) is 5.91 Å². The molecule has 0 bridgehead atoms. The Hall–Kier alpha value is -4.13. The topological polar surface area (TPSA) is 78.3 Å². The molecule has 2 aromatic heterocycles. The van der Waals surface area contributed by atoms with E-state index in [0.29, 0.717) is 22.9 Å². The first-order chi connectivity index (χ1) is 15.6. The number of ether oxygens (including phenoxy) is 2. The van der Waals surface area contributed by atoms with Crippen LogP contribution < -0.4 is 14.8 Å². The zero-order valence-corrected chi connectivity index (χ0v) is 18.2. The lowest BCUT2D eigenvalue weighted by molar-refractivity contribution is 0.0951. The fourth-order valence-electron chi connectivity index (χ4n) is 3.37. The molecule has 0 atom stereocenters. The second-order valence-corrected chi connectivity index (χ2v) is 7.26. The number of amides is 1. The third-order valence-corrected chi connectivity index (χ3v) is 5.08. The van der Waals surface area contributed by atoms with Gasteiger partial charge >= 0.3 is 0 Å². The van der Waals surface area contributed by atoms with Crippen LogP contribution in [-0.4, -0.2) is 34.9 Å². The Labute approximate surface area is 186 Å². The van der Waals surface area contributed by atoms with Gasteiger partial charge in [0.05, 0.1) is 25.5 Å². The van der Waals surface area contributed by atoms with E-state index in [2.05, 4.69) is 10.3 Å². The van der Waals surface area contributed by atoms with Gasteiger partial charge in [-0.3, -0.25) is 4.79 Å². The Balaban J connectivity index is 1.70. The number of rotatable bonds is 7. The van der Waals surface area contributed by atoms with Crippen molar-refractivity contribution in [3.8, 4) is 28.6 Å². The molecular formula is C25H24N4O3. The maximum atomic E-state index is 13.2. The molecule has 162 valence electrons. The minimum atomic E-state index is -0.243. The molecule has 0 saturated heterocycles. The second-order valence-electron chi connectivity index (χ2n) is 7.26. The lowest BCUT2D eigenvalue weighted by Gasteiger charge is -2.09. The van der Waals surface area contributed by atoms with Gasteiger partial charge in [-0.05, 0) is 37.3 Å². The second kappa shape index (κ2) is 9.34. The summed E-state index contributed by atoms with van der Waals surface area (Å²) >= 11 is 0. The van der Waals surface area contributed by atoms with E-state index < -0.39 is 0 Å². The van der Waals surface area contributed by atoms with Gasteiger partial charge in [0.2, 0.25) is 5.88 Å². The third kappa shape index (κ3) is 4.46. The van der Waals surface area contributed by atoms with Crippen molar-refractivity contribution in [3.63, 3.8) is 0 Å². The van der Waals surface area contributed by atoms with Gasteiger partial charge in [0.15, 0.2) is 0 Å². The third-order valence-electron chi connectivity index (χ3n) is 5.08. The molecule has 0 spiro atoms. The van der Waals surface area contributed by atoms with E-state index in [1.54, 1.807) is 37.4 Å². The monoisotopic (exact) mass is 428 g/mol. The highest BCUT2D eigenvalue weighted by Gasteiger charge is 2.19. The summed E-state index contributed by atoms with van der Waals surface area (Å²) in [7, 11) is 3.17. The van der Waals surface area contributed by atoms with Gasteiger partial charge in [-0.1, -0.05) is 35.9 Å². The van der Waals surface area contributed by atoms with Crippen molar-refractivity contribution in [2.45, 2.75) is 13.5 Å². The van der Waals surface area contributed by atoms with Crippen LogP contribution in [0.2, 0.25) is 0 Å². The number of carbonyl (C=O) groups excluding carboxylic acids is 1. The number of nitrogens with zero attached hydrogens (tertiary/aromatic N) is 3. The van der Waals surface area contributed by atoms with Crippen molar-refractivity contribution in [2.75, 3.05) is 14.2 Å². The Bertz CT molecular complexity index is 1230. The highest BCUT2D eigenvalue weighted by atomic mass is 16.5. The highest BCUT2D eigenvalue weighted by Crippen LogP contribution is 2.27. The van der Waals surface area contributed by atoms with Gasteiger partial charge in [0, 0.05) is 30.1 Å². The molecule has 32 heavy (non-hydrogen) atoms. The molecular weight excluding hydrogens is 404 g/mol. The van der Waals surface area contributed by atoms with Crippen LogP contribution in [0.3, 0.4) is 0 Å². The molecule has 0 radical (unpaired) electrons. The molecule has 7 nitrogen and oxygen atoms in total. The molecule has 0 aliphatic heterocycles. The standard InChI is InChI=1S/C25H24N4O3/c1-17-9-11-20(12-10-17)29-16-22(23(28-29)18-6-4-8-21(14-18)31-2)24(30)27-15-19-7-5-13-26-25(19)32-3/h4-14,16H,15H2,1-3H3,(H,27,30). The summed E-state index contributed by atoms with van der Waals surface area (Å²) in [6, 6.07) is 19.1. The quantitative estimate of drug-likeness (QED) is 0.478. The minimum Gasteiger partial charge on any atom is -0.497 e. The molecule has 0 aliphatic rings. The van der Waals surface area contributed by atoms with Crippen molar-refractivity contribution in [3.05, 3.63) is 89.7 Å². The molecule has 0 aliphatic carbocycles. The molecule has 0 unspecified atom stereocenters. The van der Waals surface area contributed by atoms with E-state index in [4.69, 9.17) is 14.6 Å². The van der Waals surface area contributed by atoms with Crippen LogP contribution in [0.25, 0.3) is 16.9 Å². The molecule has 1 amide bonds. The van der Waals surface area contributed by atoms with Crippen LogP contribution >= 0.6 is 0 Å². The normalized spacial score (nSPS) is 10.6. The highest BCUT2D eigenvalue weighted by molar-refractivity contribution is 6.00. The van der Waals surface area contributed by atoms with Crippen LogP contribution in [0.5, 0.6) is 11.6 Å². The molecule has 2 heterocycles. The van der Waals surface area contributed by atoms with Gasteiger partial charge < -0.3 is 14.8 Å². The number of hydrogen-bond donors (Lipinski definition) is 1. The van der Waals surface area contributed by atoms with Gasteiger partial charge in [-0.2, -0.15) is 5.10 Å². The van der Waals surface area contributed by atoms with Crippen molar-refractivity contribution < 1.29 is 14.3 Å². The Morgan fingerprint density at radius 2 is 1.84 bits per heavy atom. The van der Waals surface area contributed by atoms with Crippen molar-refractivity contribution in [2.24, 2.45) is 0 Å².